The minimum atomic E-state index is -0.910. The van der Waals surface area contributed by atoms with Crippen molar-refractivity contribution in [3.05, 3.63) is 34.9 Å². The van der Waals surface area contributed by atoms with Gasteiger partial charge in [0.2, 0.25) is 0 Å². The van der Waals surface area contributed by atoms with Crippen molar-refractivity contribution in [2.45, 2.75) is 39.5 Å². The monoisotopic (exact) mass is 303 g/mol. The highest BCUT2D eigenvalue weighted by atomic mass is 16.4. The zero-order valence-electron chi connectivity index (χ0n) is 13.5. The van der Waals surface area contributed by atoms with Gasteiger partial charge in [-0.1, -0.05) is 26.0 Å². The molecular weight excluding hydrogens is 278 g/mol. The number of carboxylic acids is 1. The fourth-order valence-corrected chi connectivity index (χ4v) is 3.21. The molecule has 1 aliphatic rings. The van der Waals surface area contributed by atoms with Crippen LogP contribution in [0.1, 0.15) is 48.2 Å². The van der Waals surface area contributed by atoms with Gasteiger partial charge in [-0.2, -0.15) is 0 Å². The first-order valence-electron chi connectivity index (χ1n) is 8.15. The van der Waals surface area contributed by atoms with Crippen molar-refractivity contribution in [2.24, 2.45) is 5.92 Å². The van der Waals surface area contributed by atoms with Gasteiger partial charge in [0.05, 0.1) is 6.42 Å². The number of hydrogen-bond donors (Lipinski definition) is 1. The molecule has 0 spiro atoms. The Morgan fingerprint density at radius 2 is 1.86 bits per heavy atom. The lowest BCUT2D eigenvalue weighted by atomic mass is 9.92. The number of nitrogens with zero attached hydrogens (tertiary/aromatic N) is 1. The Labute approximate surface area is 132 Å². The fraction of sp³-hybridized carbons (Fsp3) is 0.556. The maximum absolute atomic E-state index is 12.8. The van der Waals surface area contributed by atoms with Crippen LogP contribution in [0.3, 0.4) is 0 Å². The first-order valence-corrected chi connectivity index (χ1v) is 8.15. The van der Waals surface area contributed by atoms with Crippen LogP contribution in [0.5, 0.6) is 0 Å². The molecule has 0 saturated heterocycles. The second kappa shape index (κ2) is 7.54. The standard InChI is InChI=1S/C18H25NO3/c1-3-19(4-2)12-16(11-17(20)21)18(22)15-9-8-13-6-5-7-14(13)10-15/h8-10,16H,3-7,11-12H2,1-2H3,(H,20,21). The predicted octanol–water partition coefficient (Wildman–Crippen LogP) is 2.79. The minimum Gasteiger partial charge on any atom is -0.481 e. The molecule has 1 atom stereocenters. The van der Waals surface area contributed by atoms with E-state index in [2.05, 4.69) is 4.90 Å². The summed E-state index contributed by atoms with van der Waals surface area (Å²) in [5, 5.41) is 9.12. The zero-order chi connectivity index (χ0) is 16.1. The summed E-state index contributed by atoms with van der Waals surface area (Å²) in [7, 11) is 0. The molecule has 1 aromatic carbocycles. The number of benzene rings is 1. The topological polar surface area (TPSA) is 57.6 Å². The maximum atomic E-state index is 12.8. The van der Waals surface area contributed by atoms with Crippen molar-refractivity contribution in [3.63, 3.8) is 0 Å². The number of carboxylic acid groups (broad SMARTS) is 1. The van der Waals surface area contributed by atoms with E-state index in [0.29, 0.717) is 12.1 Å². The highest BCUT2D eigenvalue weighted by Gasteiger charge is 2.25. The average Bonchev–Trinajstić information content (AvgIpc) is 2.97. The molecule has 0 amide bonds. The molecule has 0 radical (unpaired) electrons. The Hall–Kier alpha value is -1.68. The fourth-order valence-electron chi connectivity index (χ4n) is 3.21. The number of rotatable bonds is 8. The summed E-state index contributed by atoms with van der Waals surface area (Å²) < 4.78 is 0. The van der Waals surface area contributed by atoms with E-state index in [1.807, 2.05) is 32.0 Å². The van der Waals surface area contributed by atoms with Crippen LogP contribution in [0, 0.1) is 5.92 Å². The Morgan fingerprint density at radius 1 is 1.18 bits per heavy atom. The number of carbonyl (C=O) groups is 2. The second-order valence-electron chi connectivity index (χ2n) is 5.98. The molecule has 0 bridgehead atoms. The average molecular weight is 303 g/mol. The summed E-state index contributed by atoms with van der Waals surface area (Å²) in [6.45, 7) is 6.21. The van der Waals surface area contributed by atoms with E-state index in [0.717, 1.165) is 32.4 Å². The van der Waals surface area contributed by atoms with E-state index in [9.17, 15) is 9.59 Å². The number of hydrogen-bond acceptors (Lipinski definition) is 3. The lowest BCUT2D eigenvalue weighted by Gasteiger charge is -2.23. The molecular formula is C18H25NO3. The van der Waals surface area contributed by atoms with Crippen molar-refractivity contribution >= 4 is 11.8 Å². The molecule has 1 aromatic rings. The van der Waals surface area contributed by atoms with Crippen LogP contribution < -0.4 is 0 Å². The molecule has 0 saturated carbocycles. The number of carbonyl (C=O) groups excluding carboxylic acids is 1. The van der Waals surface area contributed by atoms with E-state index in [1.54, 1.807) is 0 Å². The lowest BCUT2D eigenvalue weighted by molar-refractivity contribution is -0.137. The van der Waals surface area contributed by atoms with Gasteiger partial charge in [0.15, 0.2) is 5.78 Å². The number of ketones is 1. The molecule has 1 aliphatic carbocycles. The van der Waals surface area contributed by atoms with Gasteiger partial charge in [-0.3, -0.25) is 9.59 Å². The number of aryl methyl sites for hydroxylation is 2. The molecule has 0 heterocycles. The molecule has 4 nitrogen and oxygen atoms in total. The van der Waals surface area contributed by atoms with Gasteiger partial charge in [0.1, 0.15) is 0 Å². The number of aliphatic carboxylic acids is 1. The zero-order valence-corrected chi connectivity index (χ0v) is 13.5. The molecule has 4 heteroatoms. The van der Waals surface area contributed by atoms with Crippen LogP contribution in [0.4, 0.5) is 0 Å². The first-order chi connectivity index (χ1) is 10.5. The predicted molar refractivity (Wildman–Crippen MR) is 86.3 cm³/mol. The Kier molecular flexibility index (Phi) is 5.72. The van der Waals surface area contributed by atoms with Gasteiger partial charge < -0.3 is 10.0 Å². The molecule has 1 unspecified atom stereocenters. The smallest absolute Gasteiger partial charge is 0.304 e. The van der Waals surface area contributed by atoms with Crippen molar-refractivity contribution in [2.75, 3.05) is 19.6 Å². The molecule has 0 fully saturated rings. The molecule has 1 N–H and O–H groups in total. The van der Waals surface area contributed by atoms with Crippen molar-refractivity contribution < 1.29 is 14.7 Å². The van der Waals surface area contributed by atoms with Crippen LogP contribution in [0.15, 0.2) is 18.2 Å². The van der Waals surface area contributed by atoms with Crippen LogP contribution >= 0.6 is 0 Å². The summed E-state index contributed by atoms with van der Waals surface area (Å²) in [5.74, 6) is -1.42. The highest BCUT2D eigenvalue weighted by Crippen LogP contribution is 2.24. The summed E-state index contributed by atoms with van der Waals surface area (Å²) >= 11 is 0. The summed E-state index contributed by atoms with van der Waals surface area (Å²) in [6.07, 6.45) is 3.15. The Balaban J connectivity index is 2.18. The Bertz CT molecular complexity index is 549. The van der Waals surface area contributed by atoms with Gasteiger partial charge in [0.25, 0.3) is 0 Å². The van der Waals surface area contributed by atoms with Crippen molar-refractivity contribution in [3.8, 4) is 0 Å². The Morgan fingerprint density at radius 3 is 2.50 bits per heavy atom. The van der Waals surface area contributed by atoms with Gasteiger partial charge >= 0.3 is 5.97 Å². The third-order valence-electron chi connectivity index (χ3n) is 4.55. The van der Waals surface area contributed by atoms with E-state index in [1.165, 1.54) is 11.1 Å². The van der Waals surface area contributed by atoms with Crippen LogP contribution in [0.25, 0.3) is 0 Å². The SMILES string of the molecule is CCN(CC)CC(CC(=O)O)C(=O)c1ccc2c(c1)CCC2. The summed E-state index contributed by atoms with van der Waals surface area (Å²) in [4.78, 5) is 26.0. The minimum absolute atomic E-state index is 0.0380. The third-order valence-corrected chi connectivity index (χ3v) is 4.55. The van der Waals surface area contributed by atoms with Gasteiger partial charge in [-0.15, -0.1) is 0 Å². The molecule has 2 rings (SSSR count). The molecule has 0 aliphatic heterocycles. The second-order valence-corrected chi connectivity index (χ2v) is 5.98. The van der Waals surface area contributed by atoms with E-state index >= 15 is 0 Å². The van der Waals surface area contributed by atoms with Gasteiger partial charge in [0, 0.05) is 18.0 Å². The van der Waals surface area contributed by atoms with Crippen LogP contribution in [0.2, 0.25) is 0 Å². The molecule has 22 heavy (non-hydrogen) atoms. The van der Waals surface area contributed by atoms with E-state index in [-0.39, 0.29) is 12.2 Å². The van der Waals surface area contributed by atoms with Crippen molar-refractivity contribution in [1.29, 1.82) is 0 Å². The van der Waals surface area contributed by atoms with Gasteiger partial charge in [-0.25, -0.2) is 0 Å². The van der Waals surface area contributed by atoms with Gasteiger partial charge in [-0.05, 0) is 49.5 Å². The van der Waals surface area contributed by atoms with E-state index < -0.39 is 11.9 Å². The first kappa shape index (κ1) is 16.7. The normalized spacial score (nSPS) is 14.9. The lowest BCUT2D eigenvalue weighted by Crippen LogP contribution is -2.34. The summed E-state index contributed by atoms with van der Waals surface area (Å²) in [6, 6.07) is 5.87. The van der Waals surface area contributed by atoms with Crippen LogP contribution in [-0.2, 0) is 17.6 Å². The van der Waals surface area contributed by atoms with E-state index in [4.69, 9.17) is 5.11 Å². The molecule has 120 valence electrons. The molecule has 0 aromatic heterocycles. The van der Waals surface area contributed by atoms with Crippen LogP contribution in [-0.4, -0.2) is 41.4 Å². The van der Waals surface area contributed by atoms with Crippen molar-refractivity contribution in [1.82, 2.24) is 4.90 Å². The maximum Gasteiger partial charge on any atom is 0.304 e. The quantitative estimate of drug-likeness (QED) is 0.750. The largest absolute Gasteiger partial charge is 0.481 e. The highest BCUT2D eigenvalue weighted by molar-refractivity contribution is 5.99. The third kappa shape index (κ3) is 3.95. The summed E-state index contributed by atoms with van der Waals surface area (Å²) in [5.41, 5.74) is 3.25. The number of Topliss-reactive ketones (excluding diaryl/α,β-unsaturated/α-hetero) is 1. The number of fused-ring (bicyclic) bond motifs is 1.